The molecule has 0 saturated heterocycles. The predicted molar refractivity (Wildman–Crippen MR) is 68.3 cm³/mol. The molecule has 0 atom stereocenters. The van der Waals surface area contributed by atoms with E-state index < -0.39 is 0 Å². The predicted octanol–water partition coefficient (Wildman–Crippen LogP) is 1.56. The van der Waals surface area contributed by atoms with Crippen molar-refractivity contribution in [2.45, 2.75) is 6.42 Å². The molecule has 0 unspecified atom stereocenters. The van der Waals surface area contributed by atoms with Gasteiger partial charge in [-0.3, -0.25) is 0 Å². The number of anilines is 2. The maximum atomic E-state index is 5.73. The van der Waals surface area contributed by atoms with Crippen LogP contribution in [0.1, 0.15) is 5.76 Å². The summed E-state index contributed by atoms with van der Waals surface area (Å²) >= 11 is 0. The van der Waals surface area contributed by atoms with Crippen molar-refractivity contribution in [3.63, 3.8) is 0 Å². The van der Waals surface area contributed by atoms with Crippen molar-refractivity contribution < 1.29 is 4.42 Å². The molecule has 0 aromatic carbocycles. The number of nitrogens with two attached hydrogens (primary N) is 1. The number of furan rings is 1. The van der Waals surface area contributed by atoms with Crippen molar-refractivity contribution in [3.8, 4) is 0 Å². The van der Waals surface area contributed by atoms with E-state index in [0.717, 1.165) is 17.8 Å². The van der Waals surface area contributed by atoms with E-state index in [4.69, 9.17) is 10.2 Å². The van der Waals surface area contributed by atoms with Gasteiger partial charge in [0.05, 0.1) is 12.5 Å². The van der Waals surface area contributed by atoms with Crippen molar-refractivity contribution in [1.29, 1.82) is 0 Å². The number of rotatable bonds is 4. The van der Waals surface area contributed by atoms with Gasteiger partial charge in [-0.1, -0.05) is 0 Å². The van der Waals surface area contributed by atoms with Crippen LogP contribution >= 0.6 is 0 Å². The Labute approximate surface area is 103 Å². The smallest absolute Gasteiger partial charge is 0.180 e. The lowest BCUT2D eigenvalue weighted by Gasteiger charge is -2.06. The van der Waals surface area contributed by atoms with Gasteiger partial charge in [0, 0.05) is 25.4 Å². The summed E-state index contributed by atoms with van der Waals surface area (Å²) in [7, 11) is 0. The fourth-order valence-electron chi connectivity index (χ4n) is 1.83. The maximum absolute atomic E-state index is 5.73. The zero-order chi connectivity index (χ0) is 12.4. The second-order valence-corrected chi connectivity index (χ2v) is 3.93. The Balaban J connectivity index is 1.75. The van der Waals surface area contributed by atoms with Gasteiger partial charge in [-0.25, -0.2) is 9.97 Å². The van der Waals surface area contributed by atoms with Crippen LogP contribution in [0.2, 0.25) is 0 Å². The van der Waals surface area contributed by atoms with E-state index >= 15 is 0 Å². The first-order valence-electron chi connectivity index (χ1n) is 5.68. The third kappa shape index (κ3) is 2.00. The monoisotopic (exact) mass is 243 g/mol. The van der Waals surface area contributed by atoms with Crippen molar-refractivity contribution >= 4 is 17.3 Å². The summed E-state index contributed by atoms with van der Waals surface area (Å²) in [5, 5.41) is 3.22. The SMILES string of the molecule is Nc1cn2ccnc2c(NCCc2ccco2)n1. The third-order valence-corrected chi connectivity index (χ3v) is 2.64. The molecule has 3 heterocycles. The summed E-state index contributed by atoms with van der Waals surface area (Å²) in [5.74, 6) is 2.08. The Morgan fingerprint density at radius 1 is 1.44 bits per heavy atom. The largest absolute Gasteiger partial charge is 0.469 e. The molecule has 0 aliphatic heterocycles. The number of hydrogen-bond acceptors (Lipinski definition) is 5. The first-order valence-corrected chi connectivity index (χ1v) is 5.68. The molecule has 0 bridgehead atoms. The fraction of sp³-hybridized carbons (Fsp3) is 0.167. The quantitative estimate of drug-likeness (QED) is 0.726. The Hall–Kier alpha value is -2.50. The topological polar surface area (TPSA) is 81.4 Å². The maximum Gasteiger partial charge on any atom is 0.180 e. The summed E-state index contributed by atoms with van der Waals surface area (Å²) in [6, 6.07) is 3.82. The summed E-state index contributed by atoms with van der Waals surface area (Å²) in [5.41, 5.74) is 6.50. The van der Waals surface area contributed by atoms with Gasteiger partial charge in [0.1, 0.15) is 11.6 Å². The molecule has 6 nitrogen and oxygen atoms in total. The highest BCUT2D eigenvalue weighted by atomic mass is 16.3. The lowest BCUT2D eigenvalue weighted by Crippen LogP contribution is -2.09. The van der Waals surface area contributed by atoms with Crippen LogP contribution in [-0.2, 0) is 6.42 Å². The second kappa shape index (κ2) is 4.40. The molecule has 0 spiro atoms. The molecular formula is C12H13N5O. The van der Waals surface area contributed by atoms with Gasteiger partial charge >= 0.3 is 0 Å². The van der Waals surface area contributed by atoms with Crippen molar-refractivity contribution in [3.05, 3.63) is 42.7 Å². The number of nitrogens with zero attached hydrogens (tertiary/aromatic N) is 3. The molecule has 0 aliphatic carbocycles. The van der Waals surface area contributed by atoms with Crippen LogP contribution in [0, 0.1) is 0 Å². The molecule has 0 aliphatic rings. The van der Waals surface area contributed by atoms with Gasteiger partial charge in [-0.05, 0) is 12.1 Å². The number of aromatic nitrogens is 3. The first kappa shape index (κ1) is 10.6. The number of nitrogen functional groups attached to an aromatic ring is 1. The summed E-state index contributed by atoms with van der Waals surface area (Å²) in [4.78, 5) is 8.48. The van der Waals surface area contributed by atoms with E-state index in [1.165, 1.54) is 0 Å². The highest BCUT2D eigenvalue weighted by molar-refractivity contribution is 5.64. The fourth-order valence-corrected chi connectivity index (χ4v) is 1.83. The Morgan fingerprint density at radius 3 is 3.22 bits per heavy atom. The lowest BCUT2D eigenvalue weighted by molar-refractivity contribution is 0.513. The van der Waals surface area contributed by atoms with Crippen molar-refractivity contribution in [1.82, 2.24) is 14.4 Å². The van der Waals surface area contributed by atoms with Crippen LogP contribution in [0.15, 0.2) is 41.4 Å². The zero-order valence-electron chi connectivity index (χ0n) is 9.71. The normalized spacial score (nSPS) is 10.9. The summed E-state index contributed by atoms with van der Waals surface area (Å²) < 4.78 is 7.11. The minimum atomic E-state index is 0.459. The van der Waals surface area contributed by atoms with Crippen LogP contribution in [0.4, 0.5) is 11.6 Å². The lowest BCUT2D eigenvalue weighted by atomic mass is 10.3. The average molecular weight is 243 g/mol. The molecule has 3 aromatic rings. The first-order chi connectivity index (χ1) is 8.83. The standard InChI is InChI=1S/C12H13N5O/c13-10-8-17-6-5-15-12(17)11(16-10)14-4-3-9-2-1-7-18-9/h1-2,5-8H,3-4,13H2,(H,14,16). The summed E-state index contributed by atoms with van der Waals surface area (Å²) in [6.07, 6.45) is 7.75. The van der Waals surface area contributed by atoms with Crippen LogP contribution < -0.4 is 11.1 Å². The second-order valence-electron chi connectivity index (χ2n) is 3.93. The van der Waals surface area contributed by atoms with Gasteiger partial charge in [-0.15, -0.1) is 0 Å². The minimum Gasteiger partial charge on any atom is -0.469 e. The molecule has 0 fully saturated rings. The van der Waals surface area contributed by atoms with E-state index in [1.54, 1.807) is 18.7 Å². The Morgan fingerprint density at radius 2 is 2.39 bits per heavy atom. The van der Waals surface area contributed by atoms with E-state index in [-0.39, 0.29) is 0 Å². The van der Waals surface area contributed by atoms with Crippen LogP contribution in [0.5, 0.6) is 0 Å². The Bertz CT molecular complexity index is 644. The number of fused-ring (bicyclic) bond motifs is 1. The van der Waals surface area contributed by atoms with Gasteiger partial charge in [0.25, 0.3) is 0 Å². The van der Waals surface area contributed by atoms with Crippen molar-refractivity contribution in [2.24, 2.45) is 0 Å². The molecule has 0 amide bonds. The molecule has 18 heavy (non-hydrogen) atoms. The van der Waals surface area contributed by atoms with E-state index in [1.807, 2.05) is 22.7 Å². The molecule has 3 N–H and O–H groups in total. The van der Waals surface area contributed by atoms with E-state index in [9.17, 15) is 0 Å². The van der Waals surface area contributed by atoms with E-state index in [0.29, 0.717) is 18.2 Å². The minimum absolute atomic E-state index is 0.459. The van der Waals surface area contributed by atoms with Crippen molar-refractivity contribution in [2.75, 3.05) is 17.6 Å². The molecule has 0 radical (unpaired) electrons. The molecule has 3 rings (SSSR count). The van der Waals surface area contributed by atoms with Gasteiger partial charge in [-0.2, -0.15) is 0 Å². The number of imidazole rings is 1. The van der Waals surface area contributed by atoms with Crippen LogP contribution in [-0.4, -0.2) is 20.9 Å². The molecule has 6 heteroatoms. The van der Waals surface area contributed by atoms with E-state index in [2.05, 4.69) is 15.3 Å². The molecule has 92 valence electrons. The highest BCUT2D eigenvalue weighted by Gasteiger charge is 2.05. The third-order valence-electron chi connectivity index (χ3n) is 2.64. The van der Waals surface area contributed by atoms with Gasteiger partial charge in [0.15, 0.2) is 11.5 Å². The molecule has 3 aromatic heterocycles. The summed E-state index contributed by atoms with van der Waals surface area (Å²) in [6.45, 7) is 0.715. The zero-order valence-corrected chi connectivity index (χ0v) is 9.71. The van der Waals surface area contributed by atoms with Crippen LogP contribution in [0.25, 0.3) is 5.65 Å². The number of hydrogen-bond donors (Lipinski definition) is 2. The van der Waals surface area contributed by atoms with Gasteiger partial charge in [0.2, 0.25) is 0 Å². The highest BCUT2D eigenvalue weighted by Crippen LogP contribution is 2.14. The van der Waals surface area contributed by atoms with Crippen LogP contribution in [0.3, 0.4) is 0 Å². The average Bonchev–Trinajstić information content (AvgIpc) is 2.98. The molecular weight excluding hydrogens is 230 g/mol. The number of nitrogens with one attached hydrogen (secondary N) is 1. The van der Waals surface area contributed by atoms with Gasteiger partial charge < -0.3 is 19.9 Å². The Kier molecular flexibility index (Phi) is 2.60. The molecule has 0 saturated carbocycles.